The van der Waals surface area contributed by atoms with Crippen molar-refractivity contribution in [3.8, 4) is 0 Å². The van der Waals surface area contributed by atoms with Gasteiger partial charge in [0.25, 0.3) is 0 Å². The minimum Gasteiger partial charge on any atom is -0.460 e. The molecule has 0 saturated heterocycles. The van der Waals surface area contributed by atoms with Gasteiger partial charge in [0.1, 0.15) is 13.2 Å². The van der Waals surface area contributed by atoms with E-state index in [0.717, 1.165) is 11.4 Å². The molecule has 8 heteroatoms. The highest BCUT2D eigenvalue weighted by Gasteiger charge is 2.23. The van der Waals surface area contributed by atoms with E-state index in [9.17, 15) is 9.59 Å². The van der Waals surface area contributed by atoms with Gasteiger partial charge in [0.2, 0.25) is 0 Å². The molecule has 0 spiro atoms. The zero-order valence-corrected chi connectivity index (χ0v) is 17.3. The number of nitrogens with one attached hydrogen (secondary N) is 2. The van der Waals surface area contributed by atoms with E-state index in [2.05, 4.69) is 10.6 Å². The summed E-state index contributed by atoms with van der Waals surface area (Å²) in [6, 6.07) is 21.7. The molecule has 0 heterocycles. The van der Waals surface area contributed by atoms with E-state index in [1.165, 1.54) is 12.1 Å². The highest BCUT2D eigenvalue weighted by Crippen LogP contribution is 2.32. The highest BCUT2D eigenvalue weighted by atomic mass is 16.5. The lowest BCUT2D eigenvalue weighted by Gasteiger charge is -2.18. The zero-order chi connectivity index (χ0) is 22.8. The van der Waals surface area contributed by atoms with Crippen molar-refractivity contribution in [2.75, 3.05) is 37.1 Å². The summed E-state index contributed by atoms with van der Waals surface area (Å²) < 4.78 is 10.1. The van der Waals surface area contributed by atoms with Crippen LogP contribution in [0.25, 0.3) is 0 Å². The Morgan fingerprint density at radius 2 is 1.03 bits per heavy atom. The number of aliphatic hydroxyl groups excluding tert-OH is 2. The number of anilines is 4. The molecule has 3 aromatic rings. The van der Waals surface area contributed by atoms with E-state index in [4.69, 9.17) is 19.7 Å². The number of aliphatic hydroxyl groups is 2. The van der Waals surface area contributed by atoms with Gasteiger partial charge in [-0.05, 0) is 36.4 Å². The van der Waals surface area contributed by atoms with Crippen molar-refractivity contribution in [1.29, 1.82) is 0 Å². The van der Waals surface area contributed by atoms with E-state index in [1.807, 2.05) is 60.7 Å². The third-order valence-corrected chi connectivity index (χ3v) is 4.35. The van der Waals surface area contributed by atoms with E-state index in [-0.39, 0.29) is 37.6 Å². The van der Waals surface area contributed by atoms with Crippen LogP contribution >= 0.6 is 0 Å². The molecule has 0 amide bonds. The molecule has 8 nitrogen and oxygen atoms in total. The smallest absolute Gasteiger partial charge is 0.339 e. The first-order valence-corrected chi connectivity index (χ1v) is 10.0. The van der Waals surface area contributed by atoms with Gasteiger partial charge in [0.15, 0.2) is 0 Å². The molecular weight excluding hydrogens is 412 g/mol. The second-order valence-electron chi connectivity index (χ2n) is 6.64. The minimum atomic E-state index is -0.780. The Morgan fingerprint density at radius 1 is 0.656 bits per heavy atom. The van der Waals surface area contributed by atoms with Gasteiger partial charge in [-0.15, -0.1) is 0 Å². The monoisotopic (exact) mass is 436 g/mol. The normalized spacial score (nSPS) is 10.3. The Morgan fingerprint density at radius 3 is 1.38 bits per heavy atom. The van der Waals surface area contributed by atoms with Crippen LogP contribution in [-0.4, -0.2) is 48.6 Å². The van der Waals surface area contributed by atoms with Crippen LogP contribution in [0, 0.1) is 0 Å². The number of carbonyl (C=O) groups is 2. The third kappa shape index (κ3) is 6.07. The second-order valence-corrected chi connectivity index (χ2v) is 6.64. The summed E-state index contributed by atoms with van der Waals surface area (Å²) in [7, 11) is 0. The van der Waals surface area contributed by atoms with Crippen molar-refractivity contribution in [3.05, 3.63) is 83.9 Å². The van der Waals surface area contributed by atoms with Crippen LogP contribution in [0.1, 0.15) is 20.7 Å². The summed E-state index contributed by atoms with van der Waals surface area (Å²) in [5.74, 6) is -1.56. The predicted octanol–water partition coefficient (Wildman–Crippen LogP) is 3.47. The molecule has 0 aliphatic carbocycles. The Kier molecular flexibility index (Phi) is 8.19. The molecule has 0 atom stereocenters. The molecule has 0 saturated carbocycles. The summed E-state index contributed by atoms with van der Waals surface area (Å²) in [6.07, 6.45) is 0. The van der Waals surface area contributed by atoms with Gasteiger partial charge < -0.3 is 30.3 Å². The second kappa shape index (κ2) is 11.5. The Labute approximate surface area is 185 Å². The number of rotatable bonds is 10. The van der Waals surface area contributed by atoms with Gasteiger partial charge in [-0.1, -0.05) is 36.4 Å². The van der Waals surface area contributed by atoms with Crippen LogP contribution in [0.3, 0.4) is 0 Å². The van der Waals surface area contributed by atoms with Crippen molar-refractivity contribution < 1.29 is 29.3 Å². The maximum absolute atomic E-state index is 12.6. The van der Waals surface area contributed by atoms with Crippen molar-refractivity contribution >= 4 is 34.7 Å². The first-order valence-electron chi connectivity index (χ1n) is 10.0. The molecule has 0 bridgehead atoms. The lowest BCUT2D eigenvalue weighted by molar-refractivity contribution is 0.0389. The van der Waals surface area contributed by atoms with Gasteiger partial charge in [-0.2, -0.15) is 0 Å². The van der Waals surface area contributed by atoms with Gasteiger partial charge in [-0.3, -0.25) is 0 Å². The predicted molar refractivity (Wildman–Crippen MR) is 121 cm³/mol. The van der Waals surface area contributed by atoms with Crippen LogP contribution in [-0.2, 0) is 9.47 Å². The molecule has 0 unspecified atom stereocenters. The van der Waals surface area contributed by atoms with Crippen molar-refractivity contribution in [2.24, 2.45) is 0 Å². The first kappa shape index (κ1) is 22.8. The number of esters is 2. The SMILES string of the molecule is O=C(OCCO)c1cc(Nc2ccccc2)c(Nc2ccccc2)cc1C(=O)OCCO. The molecular formula is C24H24N2O6. The van der Waals surface area contributed by atoms with E-state index < -0.39 is 11.9 Å². The quantitative estimate of drug-likeness (QED) is 0.357. The molecule has 0 radical (unpaired) electrons. The van der Waals surface area contributed by atoms with Crippen LogP contribution in [0.15, 0.2) is 72.8 Å². The summed E-state index contributed by atoms with van der Waals surface area (Å²) in [5.41, 5.74) is 2.53. The molecule has 32 heavy (non-hydrogen) atoms. The number of benzene rings is 3. The molecule has 3 aromatic carbocycles. The van der Waals surface area contributed by atoms with Crippen molar-refractivity contribution in [1.82, 2.24) is 0 Å². The standard InChI is InChI=1S/C24H24N2O6/c27-11-13-31-23(29)19-15-21(25-17-7-3-1-4-8-17)22(26-18-9-5-2-6-10-18)16-20(19)24(30)32-14-12-28/h1-10,15-16,25-28H,11-14H2. The Balaban J connectivity index is 2.08. The van der Waals surface area contributed by atoms with Gasteiger partial charge in [0.05, 0.1) is 35.7 Å². The fourth-order valence-corrected chi connectivity index (χ4v) is 2.93. The zero-order valence-electron chi connectivity index (χ0n) is 17.3. The summed E-state index contributed by atoms with van der Waals surface area (Å²) in [5, 5.41) is 24.5. The van der Waals surface area contributed by atoms with Crippen LogP contribution in [0.4, 0.5) is 22.7 Å². The molecule has 0 fully saturated rings. The van der Waals surface area contributed by atoms with E-state index in [1.54, 1.807) is 0 Å². The lowest BCUT2D eigenvalue weighted by atomic mass is 10.0. The maximum atomic E-state index is 12.6. The van der Waals surface area contributed by atoms with Gasteiger partial charge in [0, 0.05) is 11.4 Å². The highest BCUT2D eigenvalue weighted by molar-refractivity contribution is 6.06. The summed E-state index contributed by atoms with van der Waals surface area (Å²) in [4.78, 5) is 25.3. The summed E-state index contributed by atoms with van der Waals surface area (Å²) in [6.45, 7) is -1.12. The van der Waals surface area contributed by atoms with Gasteiger partial charge >= 0.3 is 11.9 Å². The molecule has 0 aliphatic rings. The van der Waals surface area contributed by atoms with Gasteiger partial charge in [-0.25, -0.2) is 9.59 Å². The molecule has 0 aliphatic heterocycles. The largest absolute Gasteiger partial charge is 0.460 e. The molecule has 166 valence electrons. The number of hydrogen-bond donors (Lipinski definition) is 4. The molecule has 4 N–H and O–H groups in total. The Hall–Kier alpha value is -3.88. The van der Waals surface area contributed by atoms with Crippen LogP contribution in [0.5, 0.6) is 0 Å². The number of ether oxygens (including phenoxy) is 2. The topological polar surface area (TPSA) is 117 Å². The molecule has 3 rings (SSSR count). The summed E-state index contributed by atoms with van der Waals surface area (Å²) >= 11 is 0. The number of hydrogen-bond acceptors (Lipinski definition) is 8. The lowest BCUT2D eigenvalue weighted by Crippen LogP contribution is -2.17. The maximum Gasteiger partial charge on any atom is 0.339 e. The number of para-hydroxylation sites is 2. The first-order chi connectivity index (χ1) is 15.6. The van der Waals surface area contributed by atoms with Crippen molar-refractivity contribution in [2.45, 2.75) is 0 Å². The average Bonchev–Trinajstić information content (AvgIpc) is 2.83. The fourth-order valence-electron chi connectivity index (χ4n) is 2.93. The Bertz CT molecular complexity index is 957. The number of carbonyl (C=O) groups excluding carboxylic acids is 2. The van der Waals surface area contributed by atoms with E-state index >= 15 is 0 Å². The third-order valence-electron chi connectivity index (χ3n) is 4.35. The fraction of sp³-hybridized carbons (Fsp3) is 0.167. The van der Waals surface area contributed by atoms with E-state index in [0.29, 0.717) is 11.4 Å². The van der Waals surface area contributed by atoms with Crippen molar-refractivity contribution in [3.63, 3.8) is 0 Å². The van der Waals surface area contributed by atoms with Crippen LogP contribution in [0.2, 0.25) is 0 Å². The minimum absolute atomic E-state index is 0.0292. The molecule has 0 aromatic heterocycles. The average molecular weight is 436 g/mol. The van der Waals surface area contributed by atoms with Crippen LogP contribution < -0.4 is 10.6 Å².